The van der Waals surface area contributed by atoms with Gasteiger partial charge in [-0.2, -0.15) is 17.8 Å². The first kappa shape index (κ1) is 40.3. The Bertz CT molecular complexity index is 2480. The number of fused-ring (bicyclic) bond motifs is 1. The van der Waals surface area contributed by atoms with Gasteiger partial charge in [0.2, 0.25) is 5.91 Å². The molecule has 19 nitrogen and oxygen atoms in total. The summed E-state index contributed by atoms with van der Waals surface area (Å²) in [6.07, 6.45) is 0.314. The number of anilines is 3. The molecule has 5 aromatic rings. The van der Waals surface area contributed by atoms with Crippen molar-refractivity contribution in [3.8, 4) is 5.69 Å². The second-order valence-electron chi connectivity index (χ2n) is 13.8. The fraction of sp³-hybridized carbons (Fsp3) is 0.278. The van der Waals surface area contributed by atoms with Crippen molar-refractivity contribution in [2.24, 2.45) is 0 Å². The molecule has 0 saturated carbocycles. The van der Waals surface area contributed by atoms with E-state index in [0.29, 0.717) is 16.6 Å². The first-order valence-corrected chi connectivity index (χ1v) is 19.3. The fourth-order valence-corrected chi connectivity index (χ4v) is 7.26. The van der Waals surface area contributed by atoms with Crippen molar-refractivity contribution in [1.82, 2.24) is 34.4 Å². The van der Waals surface area contributed by atoms with Crippen molar-refractivity contribution >= 4 is 79.6 Å². The van der Waals surface area contributed by atoms with E-state index in [4.69, 9.17) is 16.3 Å². The number of nitrogens with zero attached hydrogens (tertiary/aromatic N) is 7. The van der Waals surface area contributed by atoms with Crippen LogP contribution in [0.5, 0.6) is 0 Å². The highest BCUT2D eigenvalue weighted by atomic mass is 35.5. The van der Waals surface area contributed by atoms with Crippen LogP contribution in [0, 0.1) is 0 Å². The minimum absolute atomic E-state index is 0.0446. The van der Waals surface area contributed by atoms with E-state index in [9.17, 15) is 37.5 Å². The van der Waals surface area contributed by atoms with Crippen LogP contribution in [0.4, 0.5) is 21.9 Å². The molecule has 1 unspecified atom stereocenters. The number of benzene rings is 3. The molecule has 3 aromatic carbocycles. The molecule has 3 heterocycles. The lowest BCUT2D eigenvalue weighted by Gasteiger charge is -2.38. The number of aromatic carboxylic acids is 1. The third kappa shape index (κ3) is 9.03. The summed E-state index contributed by atoms with van der Waals surface area (Å²) in [5, 5.41) is 24.4. The SMILES string of the molecule is CCNS(=O)(=O)Nc1ccc(CC(C(=O)Nc2ccc3c(c2)cc(C(=O)O)n3C(=O)OC(C)(C)C)N2CCN(c3cc(Cl)ccc3-n3cnnn3)C(=O)C2=O)cc1. The van der Waals surface area contributed by atoms with Gasteiger partial charge in [-0.1, -0.05) is 30.7 Å². The molecule has 1 aliphatic rings. The third-order valence-corrected chi connectivity index (χ3v) is 10.00. The zero-order valence-electron chi connectivity index (χ0n) is 31.0. The summed E-state index contributed by atoms with van der Waals surface area (Å²) in [5.74, 6) is -4.01. The van der Waals surface area contributed by atoms with Crippen LogP contribution in [-0.2, 0) is 35.8 Å². The number of tetrazole rings is 1. The van der Waals surface area contributed by atoms with E-state index in [1.807, 2.05) is 0 Å². The molecule has 1 atom stereocenters. The van der Waals surface area contributed by atoms with Gasteiger partial charge in [0.15, 0.2) is 0 Å². The number of hydrogen-bond acceptors (Lipinski definition) is 11. The number of carbonyl (C=O) groups is 5. The predicted octanol–water partition coefficient (Wildman–Crippen LogP) is 3.44. The first-order chi connectivity index (χ1) is 26.9. The smallest absolute Gasteiger partial charge is 0.419 e. The predicted molar refractivity (Wildman–Crippen MR) is 208 cm³/mol. The zero-order valence-corrected chi connectivity index (χ0v) is 32.5. The molecule has 57 heavy (non-hydrogen) atoms. The Morgan fingerprint density at radius 2 is 1.67 bits per heavy atom. The Morgan fingerprint density at radius 1 is 0.947 bits per heavy atom. The van der Waals surface area contributed by atoms with E-state index in [2.05, 4.69) is 30.3 Å². The third-order valence-electron chi connectivity index (χ3n) is 8.59. The topological polar surface area (TPSA) is 240 Å². The molecule has 0 bridgehead atoms. The number of rotatable bonds is 12. The van der Waals surface area contributed by atoms with E-state index >= 15 is 0 Å². The second-order valence-corrected chi connectivity index (χ2v) is 15.7. The van der Waals surface area contributed by atoms with Gasteiger partial charge in [0.25, 0.3) is 10.2 Å². The van der Waals surface area contributed by atoms with Crippen LogP contribution in [0.1, 0.15) is 43.7 Å². The summed E-state index contributed by atoms with van der Waals surface area (Å²) in [7, 11) is -3.82. The number of ether oxygens (including phenoxy) is 1. The summed E-state index contributed by atoms with van der Waals surface area (Å²) in [4.78, 5) is 69.6. The monoisotopic (exact) mass is 820 g/mol. The Morgan fingerprint density at radius 3 is 2.32 bits per heavy atom. The molecule has 1 aliphatic heterocycles. The lowest BCUT2D eigenvalue weighted by atomic mass is 10.0. The molecule has 2 aromatic heterocycles. The molecule has 0 spiro atoms. The minimum Gasteiger partial charge on any atom is -0.477 e. The van der Waals surface area contributed by atoms with Crippen LogP contribution in [0.15, 0.2) is 73.1 Å². The van der Waals surface area contributed by atoms with E-state index in [0.717, 1.165) is 9.47 Å². The molecule has 1 saturated heterocycles. The van der Waals surface area contributed by atoms with E-state index < -0.39 is 51.6 Å². The van der Waals surface area contributed by atoms with Gasteiger partial charge >= 0.3 is 23.9 Å². The maximum Gasteiger partial charge on any atom is 0.419 e. The highest BCUT2D eigenvalue weighted by molar-refractivity contribution is 7.90. The number of carboxylic acids is 1. The van der Waals surface area contributed by atoms with Gasteiger partial charge in [0.1, 0.15) is 23.7 Å². The van der Waals surface area contributed by atoms with Gasteiger partial charge in [0, 0.05) is 47.8 Å². The van der Waals surface area contributed by atoms with Gasteiger partial charge in [-0.15, -0.1) is 5.10 Å². The van der Waals surface area contributed by atoms with Gasteiger partial charge in [-0.05, 0) is 91.4 Å². The normalized spacial score (nSPS) is 14.1. The van der Waals surface area contributed by atoms with Crippen molar-refractivity contribution in [2.75, 3.05) is 34.6 Å². The maximum absolute atomic E-state index is 14.2. The Hall–Kier alpha value is -6.38. The van der Waals surface area contributed by atoms with Crippen molar-refractivity contribution in [2.45, 2.75) is 45.8 Å². The molecule has 298 valence electrons. The number of nitrogens with one attached hydrogen (secondary N) is 3. The number of carboxylic acid groups (broad SMARTS) is 1. The van der Waals surface area contributed by atoms with Crippen LogP contribution in [0.25, 0.3) is 16.6 Å². The average Bonchev–Trinajstić information content (AvgIpc) is 3.81. The van der Waals surface area contributed by atoms with Gasteiger partial charge in [0.05, 0.1) is 16.9 Å². The molecule has 6 rings (SSSR count). The highest BCUT2D eigenvalue weighted by Gasteiger charge is 2.41. The summed E-state index contributed by atoms with van der Waals surface area (Å²) >= 11 is 6.29. The first-order valence-electron chi connectivity index (χ1n) is 17.4. The summed E-state index contributed by atoms with van der Waals surface area (Å²) in [5.41, 5.74) is 0.539. The Balaban J connectivity index is 1.31. The Labute approximate surface area is 330 Å². The van der Waals surface area contributed by atoms with Crippen LogP contribution >= 0.6 is 11.6 Å². The van der Waals surface area contributed by atoms with Crippen molar-refractivity contribution in [1.29, 1.82) is 0 Å². The van der Waals surface area contributed by atoms with Crippen LogP contribution < -0.4 is 19.7 Å². The van der Waals surface area contributed by atoms with Crippen LogP contribution in [0.2, 0.25) is 5.02 Å². The van der Waals surface area contributed by atoms with E-state index in [1.54, 1.807) is 52.0 Å². The molecule has 21 heteroatoms. The molecular formula is C36H37ClN10O9S. The van der Waals surface area contributed by atoms with Crippen molar-refractivity contribution in [3.63, 3.8) is 0 Å². The largest absolute Gasteiger partial charge is 0.477 e. The number of amides is 3. The number of aromatic nitrogens is 5. The number of piperazine rings is 1. The minimum atomic E-state index is -3.82. The van der Waals surface area contributed by atoms with Crippen LogP contribution in [-0.4, -0.2) is 104 Å². The zero-order chi connectivity index (χ0) is 41.2. The number of hydrogen-bond donors (Lipinski definition) is 4. The summed E-state index contributed by atoms with van der Waals surface area (Å²) in [6.45, 7) is 6.60. The van der Waals surface area contributed by atoms with Gasteiger partial charge < -0.3 is 25.0 Å². The lowest BCUT2D eigenvalue weighted by molar-refractivity contribution is -0.149. The van der Waals surface area contributed by atoms with Crippen LogP contribution in [0.3, 0.4) is 0 Å². The Kier molecular flexibility index (Phi) is 11.3. The fourth-order valence-electron chi connectivity index (χ4n) is 6.19. The molecular weight excluding hydrogens is 784 g/mol. The van der Waals surface area contributed by atoms with Gasteiger partial charge in [-0.25, -0.2) is 14.2 Å². The molecule has 1 fully saturated rings. The molecule has 0 aliphatic carbocycles. The second kappa shape index (κ2) is 16.0. The van der Waals surface area contributed by atoms with E-state index in [1.165, 1.54) is 58.4 Å². The highest BCUT2D eigenvalue weighted by Crippen LogP contribution is 2.31. The quantitative estimate of drug-likeness (QED) is 0.132. The molecule has 0 radical (unpaired) electrons. The average molecular weight is 821 g/mol. The summed E-state index contributed by atoms with van der Waals surface area (Å²) in [6, 6.07) is 15.2. The number of halogens is 1. The van der Waals surface area contributed by atoms with Crippen molar-refractivity contribution < 1.29 is 42.2 Å². The maximum atomic E-state index is 14.2. The molecule has 3 amide bonds. The lowest BCUT2D eigenvalue weighted by Crippen LogP contribution is -2.60. The standard InChI is InChI=1S/C36H37ClN10O9S/c1-5-39-57(54,55)41-24-9-6-21(7-10-24)16-29(45-15-14-44(32(49)33(45)50)28-19-23(37)8-12-27(28)46-20-38-42-43-46)31(48)40-25-11-13-26-22(17-25)18-30(34(51)52)47(26)35(53)56-36(2,3)4/h6-13,17-20,29,39,41H,5,14-16H2,1-4H3,(H,40,48)(H,51,52). The van der Waals surface area contributed by atoms with Gasteiger partial charge in [-0.3, -0.25) is 19.1 Å². The number of carbonyl (C=O) groups excluding carboxylic acids is 4. The van der Waals surface area contributed by atoms with E-state index in [-0.39, 0.29) is 59.4 Å². The summed E-state index contributed by atoms with van der Waals surface area (Å²) < 4.78 is 36.8. The van der Waals surface area contributed by atoms with Crippen molar-refractivity contribution in [3.05, 3.63) is 89.3 Å². The molecule has 4 N–H and O–H groups in total.